The van der Waals surface area contributed by atoms with Crippen molar-refractivity contribution in [1.29, 1.82) is 0 Å². The fourth-order valence-corrected chi connectivity index (χ4v) is 3.31. The third-order valence-corrected chi connectivity index (χ3v) is 4.62. The van der Waals surface area contributed by atoms with Gasteiger partial charge < -0.3 is 15.3 Å². The van der Waals surface area contributed by atoms with Crippen molar-refractivity contribution in [2.24, 2.45) is 5.92 Å². The Morgan fingerprint density at radius 3 is 3.00 bits per heavy atom. The number of nitrogens with one attached hydrogen (secondary N) is 1. The fourth-order valence-electron chi connectivity index (χ4n) is 2.48. The lowest BCUT2D eigenvalue weighted by Gasteiger charge is -2.20. The van der Waals surface area contributed by atoms with Crippen LogP contribution in [0.15, 0.2) is 11.4 Å². The lowest BCUT2D eigenvalue weighted by atomic mass is 10.1. The van der Waals surface area contributed by atoms with E-state index in [0.29, 0.717) is 11.6 Å². The van der Waals surface area contributed by atoms with E-state index in [4.69, 9.17) is 5.11 Å². The summed E-state index contributed by atoms with van der Waals surface area (Å²) in [5, 5.41) is 14.0. The normalized spacial score (nSPS) is 20.3. The summed E-state index contributed by atoms with van der Waals surface area (Å²) in [6, 6.07) is 2.40. The van der Waals surface area contributed by atoms with E-state index in [2.05, 4.69) is 24.1 Å². The first-order chi connectivity index (χ1) is 9.06. The zero-order valence-electron chi connectivity index (χ0n) is 11.6. The summed E-state index contributed by atoms with van der Waals surface area (Å²) in [4.78, 5) is 14.4. The van der Waals surface area contributed by atoms with Crippen LogP contribution in [0, 0.1) is 5.92 Å². The number of aromatic carboxylic acids is 1. The third-order valence-electron chi connectivity index (χ3n) is 3.68. The first kappa shape index (κ1) is 14.5. The van der Waals surface area contributed by atoms with Crippen LogP contribution in [0.3, 0.4) is 0 Å². The Morgan fingerprint density at radius 2 is 2.42 bits per heavy atom. The smallest absolute Gasteiger partial charge is 0.336 e. The van der Waals surface area contributed by atoms with Crippen LogP contribution in [-0.2, 0) is 6.54 Å². The minimum absolute atomic E-state index is 0.397. The number of likely N-dealkylation sites (tertiary alicyclic amines) is 1. The van der Waals surface area contributed by atoms with E-state index in [1.807, 2.05) is 0 Å². The Labute approximate surface area is 118 Å². The molecule has 1 atom stereocenters. The van der Waals surface area contributed by atoms with E-state index in [1.165, 1.54) is 30.8 Å². The van der Waals surface area contributed by atoms with Crippen molar-refractivity contribution >= 4 is 17.3 Å². The molecule has 0 amide bonds. The topological polar surface area (TPSA) is 52.6 Å². The summed E-state index contributed by atoms with van der Waals surface area (Å²) < 4.78 is 0. The number of hydrogen-bond acceptors (Lipinski definition) is 4. The quantitative estimate of drug-likeness (QED) is 0.840. The van der Waals surface area contributed by atoms with Crippen LogP contribution >= 0.6 is 11.3 Å². The molecule has 1 aliphatic heterocycles. The molecule has 1 fully saturated rings. The average Bonchev–Trinajstić information content (AvgIpc) is 2.97. The van der Waals surface area contributed by atoms with Crippen LogP contribution in [0.25, 0.3) is 0 Å². The van der Waals surface area contributed by atoms with E-state index in [-0.39, 0.29) is 0 Å². The first-order valence-corrected chi connectivity index (χ1v) is 7.69. The Balaban J connectivity index is 1.70. The summed E-state index contributed by atoms with van der Waals surface area (Å²) in [5.74, 6) is -0.118. The van der Waals surface area contributed by atoms with Crippen molar-refractivity contribution in [3.63, 3.8) is 0 Å². The van der Waals surface area contributed by atoms with Gasteiger partial charge >= 0.3 is 5.97 Å². The van der Waals surface area contributed by atoms with Crippen LogP contribution in [0.5, 0.6) is 0 Å². The second-order valence-electron chi connectivity index (χ2n) is 5.48. The molecule has 2 N–H and O–H groups in total. The van der Waals surface area contributed by atoms with E-state index in [0.717, 1.165) is 23.9 Å². The Bertz CT molecular complexity index is 431. The number of rotatable bonds is 6. The van der Waals surface area contributed by atoms with E-state index >= 15 is 0 Å². The summed E-state index contributed by atoms with van der Waals surface area (Å²) in [7, 11) is 0. The number of hydrogen-bond donors (Lipinski definition) is 2. The minimum Gasteiger partial charge on any atom is -0.478 e. The highest BCUT2D eigenvalue weighted by Crippen LogP contribution is 2.18. The summed E-state index contributed by atoms with van der Waals surface area (Å²) in [6.07, 6.45) is 1.26. The zero-order chi connectivity index (χ0) is 13.8. The number of thiophene rings is 1. The number of carboxylic acid groups (broad SMARTS) is 1. The molecule has 106 valence electrons. The van der Waals surface area contributed by atoms with Crippen molar-refractivity contribution in [3.05, 3.63) is 21.9 Å². The van der Waals surface area contributed by atoms with Gasteiger partial charge in [0.25, 0.3) is 0 Å². The van der Waals surface area contributed by atoms with Crippen molar-refractivity contribution in [2.75, 3.05) is 19.6 Å². The molecule has 19 heavy (non-hydrogen) atoms. The highest BCUT2D eigenvalue weighted by atomic mass is 32.1. The van der Waals surface area contributed by atoms with Crippen molar-refractivity contribution in [3.8, 4) is 0 Å². The molecule has 0 saturated carbocycles. The van der Waals surface area contributed by atoms with Crippen molar-refractivity contribution < 1.29 is 9.90 Å². The molecule has 4 nitrogen and oxygen atoms in total. The standard InChI is InChI=1S/C14H22N2O2S/c1-10(2)16-4-3-11(8-16)6-15-7-13-5-12(9-19-13)14(17)18/h5,9-11,15H,3-4,6-8H2,1-2H3,(H,17,18). The molecule has 0 aromatic carbocycles. The molecule has 0 spiro atoms. The van der Waals surface area contributed by atoms with Gasteiger partial charge in [0.2, 0.25) is 0 Å². The van der Waals surface area contributed by atoms with Crippen LogP contribution in [0.4, 0.5) is 0 Å². The van der Waals surface area contributed by atoms with Gasteiger partial charge in [0, 0.05) is 29.4 Å². The van der Waals surface area contributed by atoms with Gasteiger partial charge in [-0.25, -0.2) is 4.79 Å². The Kier molecular flexibility index (Phi) is 4.96. The summed E-state index contributed by atoms with van der Waals surface area (Å²) in [5.41, 5.74) is 0.397. The summed E-state index contributed by atoms with van der Waals surface area (Å²) >= 11 is 1.51. The lowest BCUT2D eigenvalue weighted by Crippen LogP contribution is -2.30. The molecular formula is C14H22N2O2S. The average molecular weight is 282 g/mol. The number of carbonyl (C=O) groups is 1. The first-order valence-electron chi connectivity index (χ1n) is 6.81. The van der Waals surface area contributed by atoms with Crippen molar-refractivity contribution in [1.82, 2.24) is 10.2 Å². The second kappa shape index (κ2) is 6.50. The number of nitrogens with zero attached hydrogens (tertiary/aromatic N) is 1. The maximum absolute atomic E-state index is 10.8. The highest BCUT2D eigenvalue weighted by molar-refractivity contribution is 7.10. The number of carboxylic acids is 1. The molecule has 1 aliphatic rings. The van der Waals surface area contributed by atoms with Gasteiger partial charge in [0.05, 0.1) is 5.56 Å². The minimum atomic E-state index is -0.842. The predicted octanol–water partition coefficient (Wildman–Crippen LogP) is 2.27. The molecule has 1 aromatic rings. The van der Waals surface area contributed by atoms with E-state index < -0.39 is 5.97 Å². The molecule has 1 unspecified atom stereocenters. The molecule has 2 rings (SSSR count). The molecule has 0 aliphatic carbocycles. The van der Waals surface area contributed by atoms with Gasteiger partial charge in [-0.3, -0.25) is 0 Å². The SMILES string of the molecule is CC(C)N1CCC(CNCc2cc(C(=O)O)cs2)C1. The van der Waals surface area contributed by atoms with E-state index in [1.54, 1.807) is 11.4 Å². The molecule has 5 heteroatoms. The maximum Gasteiger partial charge on any atom is 0.336 e. The second-order valence-corrected chi connectivity index (χ2v) is 6.48. The van der Waals surface area contributed by atoms with Gasteiger partial charge in [-0.2, -0.15) is 0 Å². The summed E-state index contributed by atoms with van der Waals surface area (Å²) in [6.45, 7) is 8.66. The van der Waals surface area contributed by atoms with Crippen LogP contribution in [0.2, 0.25) is 0 Å². The van der Waals surface area contributed by atoms with Gasteiger partial charge in [0.15, 0.2) is 0 Å². The third kappa shape index (κ3) is 4.03. The molecule has 0 radical (unpaired) electrons. The predicted molar refractivity (Wildman–Crippen MR) is 77.8 cm³/mol. The lowest BCUT2D eigenvalue weighted by molar-refractivity contribution is 0.0697. The molecule has 1 aromatic heterocycles. The van der Waals surface area contributed by atoms with E-state index in [9.17, 15) is 4.79 Å². The molecular weight excluding hydrogens is 260 g/mol. The van der Waals surface area contributed by atoms with Crippen LogP contribution < -0.4 is 5.32 Å². The van der Waals surface area contributed by atoms with Crippen LogP contribution in [0.1, 0.15) is 35.5 Å². The monoisotopic (exact) mass is 282 g/mol. The zero-order valence-corrected chi connectivity index (χ0v) is 12.4. The molecule has 0 bridgehead atoms. The van der Waals surface area contributed by atoms with Crippen LogP contribution in [-0.4, -0.2) is 41.7 Å². The Morgan fingerprint density at radius 1 is 1.63 bits per heavy atom. The largest absolute Gasteiger partial charge is 0.478 e. The Hall–Kier alpha value is -0.910. The van der Waals surface area contributed by atoms with Gasteiger partial charge in [-0.1, -0.05) is 0 Å². The van der Waals surface area contributed by atoms with Gasteiger partial charge in [-0.05, 0) is 45.3 Å². The van der Waals surface area contributed by atoms with Crippen molar-refractivity contribution in [2.45, 2.75) is 32.9 Å². The van der Waals surface area contributed by atoms with Gasteiger partial charge in [0.1, 0.15) is 0 Å². The maximum atomic E-state index is 10.8. The fraction of sp³-hybridized carbons (Fsp3) is 0.643. The highest BCUT2D eigenvalue weighted by Gasteiger charge is 2.23. The molecule has 1 saturated heterocycles. The molecule has 2 heterocycles. The van der Waals surface area contributed by atoms with Gasteiger partial charge in [-0.15, -0.1) is 11.3 Å².